The number of aryl methyl sites for hydroxylation is 1. The molecule has 76 valence electrons. The van der Waals surface area contributed by atoms with Gasteiger partial charge >= 0.3 is 0 Å². The summed E-state index contributed by atoms with van der Waals surface area (Å²) in [6.07, 6.45) is -2.70. The molecule has 0 aliphatic rings. The summed E-state index contributed by atoms with van der Waals surface area (Å²) in [7, 11) is 0. The van der Waals surface area contributed by atoms with E-state index in [4.69, 9.17) is 5.11 Å². The molecule has 1 N–H and O–H groups in total. The van der Waals surface area contributed by atoms with Crippen LogP contribution in [0.2, 0.25) is 0 Å². The number of alkyl halides is 2. The largest absolute Gasteiger partial charge is 0.508 e. The maximum atomic E-state index is 12.5. The van der Waals surface area contributed by atoms with Crippen LogP contribution in [0.15, 0.2) is 12.1 Å². The second-order valence-corrected chi connectivity index (χ2v) is 3.08. The average Bonchev–Trinajstić information content (AvgIpc) is 2.01. The summed E-state index contributed by atoms with van der Waals surface area (Å²) >= 11 is 0. The Labute approximate surface area is 80.2 Å². The molecule has 14 heavy (non-hydrogen) atoms. The predicted molar refractivity (Wildman–Crippen MR) is 47.8 cm³/mol. The molecule has 0 radical (unpaired) electrons. The summed E-state index contributed by atoms with van der Waals surface area (Å²) < 4.78 is 25.1. The van der Waals surface area contributed by atoms with Gasteiger partial charge in [0.2, 0.25) is 0 Å². The Bertz CT molecular complexity index is 373. The maximum absolute atomic E-state index is 12.5. The molecule has 0 aromatic heterocycles. The number of phenolic OH excluding ortho intramolecular Hbond substituents is 1. The van der Waals surface area contributed by atoms with Crippen LogP contribution in [-0.4, -0.2) is 10.9 Å². The van der Waals surface area contributed by atoms with Crippen molar-refractivity contribution in [2.75, 3.05) is 0 Å². The Hall–Kier alpha value is -1.45. The van der Waals surface area contributed by atoms with E-state index in [1.165, 1.54) is 19.9 Å². The fourth-order valence-electron chi connectivity index (χ4n) is 1.36. The zero-order valence-corrected chi connectivity index (χ0v) is 7.84. The highest BCUT2D eigenvalue weighted by Crippen LogP contribution is 2.30. The molecule has 0 spiro atoms. The number of ketones is 1. The van der Waals surface area contributed by atoms with E-state index in [1.807, 2.05) is 0 Å². The molecule has 0 amide bonds. The molecule has 0 bridgehead atoms. The van der Waals surface area contributed by atoms with E-state index in [2.05, 4.69) is 0 Å². The summed E-state index contributed by atoms with van der Waals surface area (Å²) in [6, 6.07) is 2.28. The normalized spacial score (nSPS) is 10.6. The van der Waals surface area contributed by atoms with Gasteiger partial charge in [0.1, 0.15) is 5.75 Å². The minimum absolute atomic E-state index is 0.113. The number of carbonyl (C=O) groups is 1. The van der Waals surface area contributed by atoms with Crippen molar-refractivity contribution in [1.82, 2.24) is 0 Å². The Morgan fingerprint density at radius 3 is 2.43 bits per heavy atom. The molecule has 0 saturated heterocycles. The number of benzene rings is 1. The van der Waals surface area contributed by atoms with E-state index in [-0.39, 0.29) is 22.4 Å². The number of Topliss-reactive ketones (excluding diaryl/α,β-unsaturated/α-hetero) is 1. The van der Waals surface area contributed by atoms with Crippen molar-refractivity contribution in [1.29, 1.82) is 0 Å². The number of aromatic hydroxyl groups is 1. The molecular formula is C10H10F2O2. The number of hydrogen-bond donors (Lipinski definition) is 1. The zero-order chi connectivity index (χ0) is 10.9. The van der Waals surface area contributed by atoms with Crippen molar-refractivity contribution >= 4 is 5.78 Å². The first-order chi connectivity index (χ1) is 6.43. The molecular weight excluding hydrogens is 190 g/mol. The van der Waals surface area contributed by atoms with Gasteiger partial charge in [0.15, 0.2) is 5.78 Å². The lowest BCUT2D eigenvalue weighted by Crippen LogP contribution is -2.02. The van der Waals surface area contributed by atoms with E-state index in [0.717, 1.165) is 6.07 Å². The lowest BCUT2D eigenvalue weighted by atomic mass is 9.99. The monoisotopic (exact) mass is 200 g/mol. The van der Waals surface area contributed by atoms with Gasteiger partial charge in [-0.25, -0.2) is 8.78 Å². The minimum atomic E-state index is -2.70. The molecule has 0 fully saturated rings. The highest BCUT2D eigenvalue weighted by atomic mass is 19.3. The molecule has 0 saturated carbocycles. The lowest BCUT2D eigenvalue weighted by Gasteiger charge is -2.10. The quantitative estimate of drug-likeness (QED) is 0.745. The third kappa shape index (κ3) is 1.89. The summed E-state index contributed by atoms with van der Waals surface area (Å²) in [4.78, 5) is 11.0. The van der Waals surface area contributed by atoms with Crippen LogP contribution in [-0.2, 0) is 0 Å². The van der Waals surface area contributed by atoms with Crippen LogP contribution < -0.4 is 0 Å². The number of carbonyl (C=O) groups excluding carboxylic acids is 1. The van der Waals surface area contributed by atoms with E-state index in [9.17, 15) is 13.6 Å². The first kappa shape index (κ1) is 10.6. The van der Waals surface area contributed by atoms with Crippen LogP contribution in [0.25, 0.3) is 0 Å². The Balaban J connectivity index is 3.44. The minimum Gasteiger partial charge on any atom is -0.508 e. The standard InChI is InChI=1S/C10H10F2O2/c1-5-3-7(14)4-8(6(2)13)9(5)10(11)12/h3-4,10,14H,1-2H3. The molecule has 0 heterocycles. The van der Waals surface area contributed by atoms with Crippen LogP contribution in [0.5, 0.6) is 5.75 Å². The van der Waals surface area contributed by atoms with Gasteiger partial charge in [-0.15, -0.1) is 0 Å². The van der Waals surface area contributed by atoms with E-state index in [0.29, 0.717) is 0 Å². The molecule has 1 aromatic carbocycles. The van der Waals surface area contributed by atoms with Gasteiger partial charge in [0, 0.05) is 11.1 Å². The first-order valence-corrected chi connectivity index (χ1v) is 4.06. The van der Waals surface area contributed by atoms with Crippen LogP contribution in [0.3, 0.4) is 0 Å². The van der Waals surface area contributed by atoms with Crippen LogP contribution in [0, 0.1) is 6.92 Å². The number of hydrogen-bond acceptors (Lipinski definition) is 2. The summed E-state index contributed by atoms with van der Waals surface area (Å²) in [5.41, 5.74) is -0.182. The van der Waals surface area contributed by atoms with Gasteiger partial charge < -0.3 is 5.11 Å². The fraction of sp³-hybridized carbons (Fsp3) is 0.300. The van der Waals surface area contributed by atoms with Gasteiger partial charge in [0.25, 0.3) is 6.43 Å². The van der Waals surface area contributed by atoms with Crippen molar-refractivity contribution in [3.05, 3.63) is 28.8 Å². The highest BCUT2D eigenvalue weighted by molar-refractivity contribution is 5.96. The van der Waals surface area contributed by atoms with Gasteiger partial charge in [-0.1, -0.05) is 0 Å². The Morgan fingerprint density at radius 1 is 1.43 bits per heavy atom. The number of rotatable bonds is 2. The second kappa shape index (κ2) is 3.74. The van der Waals surface area contributed by atoms with Crippen molar-refractivity contribution in [2.24, 2.45) is 0 Å². The lowest BCUT2D eigenvalue weighted by molar-refractivity contribution is 0.0998. The fourth-order valence-corrected chi connectivity index (χ4v) is 1.36. The molecule has 0 unspecified atom stereocenters. The molecule has 0 atom stereocenters. The smallest absolute Gasteiger partial charge is 0.264 e. The first-order valence-electron chi connectivity index (χ1n) is 4.06. The van der Waals surface area contributed by atoms with Crippen LogP contribution in [0.4, 0.5) is 8.78 Å². The summed E-state index contributed by atoms with van der Waals surface area (Å²) in [5.74, 6) is -0.642. The van der Waals surface area contributed by atoms with Crippen molar-refractivity contribution in [2.45, 2.75) is 20.3 Å². The van der Waals surface area contributed by atoms with E-state index < -0.39 is 12.2 Å². The molecule has 1 rings (SSSR count). The molecule has 2 nitrogen and oxygen atoms in total. The zero-order valence-electron chi connectivity index (χ0n) is 7.84. The molecule has 4 heteroatoms. The summed E-state index contributed by atoms with van der Waals surface area (Å²) in [5, 5.41) is 9.15. The molecule has 0 aliphatic heterocycles. The Morgan fingerprint density at radius 2 is 2.00 bits per heavy atom. The van der Waals surface area contributed by atoms with Crippen molar-refractivity contribution < 1.29 is 18.7 Å². The van der Waals surface area contributed by atoms with Crippen molar-refractivity contribution in [3.8, 4) is 5.75 Å². The predicted octanol–water partition coefficient (Wildman–Crippen LogP) is 2.84. The number of halogens is 2. The third-order valence-corrected chi connectivity index (χ3v) is 1.97. The third-order valence-electron chi connectivity index (χ3n) is 1.97. The SMILES string of the molecule is CC(=O)c1cc(O)cc(C)c1C(F)F. The van der Waals surface area contributed by atoms with Gasteiger partial charge in [-0.2, -0.15) is 0 Å². The number of phenols is 1. The van der Waals surface area contributed by atoms with Gasteiger partial charge in [0.05, 0.1) is 0 Å². The Kier molecular flexibility index (Phi) is 2.84. The van der Waals surface area contributed by atoms with Crippen LogP contribution in [0.1, 0.15) is 34.8 Å². The van der Waals surface area contributed by atoms with Crippen molar-refractivity contribution in [3.63, 3.8) is 0 Å². The summed E-state index contributed by atoms with van der Waals surface area (Å²) in [6.45, 7) is 2.63. The highest BCUT2D eigenvalue weighted by Gasteiger charge is 2.19. The molecule has 1 aromatic rings. The topological polar surface area (TPSA) is 37.3 Å². The second-order valence-electron chi connectivity index (χ2n) is 3.08. The molecule has 0 aliphatic carbocycles. The van der Waals surface area contributed by atoms with E-state index >= 15 is 0 Å². The van der Waals surface area contributed by atoms with Gasteiger partial charge in [-0.3, -0.25) is 4.79 Å². The van der Waals surface area contributed by atoms with E-state index in [1.54, 1.807) is 0 Å². The average molecular weight is 200 g/mol. The van der Waals surface area contributed by atoms with Crippen LogP contribution >= 0.6 is 0 Å². The maximum Gasteiger partial charge on any atom is 0.264 e. The van der Waals surface area contributed by atoms with Gasteiger partial charge in [-0.05, 0) is 31.5 Å².